The molecular weight excluding hydrogens is 274 g/mol. The zero-order valence-corrected chi connectivity index (χ0v) is 12.2. The van der Waals surface area contributed by atoms with Crippen LogP contribution in [0.25, 0.3) is 0 Å². The largest absolute Gasteiger partial charge is 0.366 e. The monoisotopic (exact) mass is 293 g/mol. The first-order valence-corrected chi connectivity index (χ1v) is 7.55. The fourth-order valence-electron chi connectivity index (χ4n) is 3.28. The van der Waals surface area contributed by atoms with Gasteiger partial charge in [-0.1, -0.05) is 17.7 Å². The van der Waals surface area contributed by atoms with Crippen molar-refractivity contribution >= 4 is 17.5 Å². The van der Waals surface area contributed by atoms with E-state index in [0.29, 0.717) is 16.6 Å². The first-order chi connectivity index (χ1) is 9.63. The molecule has 1 atom stereocenters. The summed E-state index contributed by atoms with van der Waals surface area (Å²) in [5.74, 6) is 0.354. The average Bonchev–Trinajstić information content (AvgIpc) is 2.47. The Hall–Kier alpha value is -1.10. The molecule has 0 spiro atoms. The summed E-state index contributed by atoms with van der Waals surface area (Å²) in [6.45, 7) is 4.38. The topological polar surface area (TPSA) is 58.4 Å². The van der Waals surface area contributed by atoms with E-state index in [1.165, 1.54) is 25.9 Å². The van der Waals surface area contributed by atoms with Gasteiger partial charge in [-0.2, -0.15) is 0 Å². The van der Waals surface area contributed by atoms with Crippen molar-refractivity contribution in [1.82, 2.24) is 10.2 Å². The zero-order chi connectivity index (χ0) is 14.1. The summed E-state index contributed by atoms with van der Waals surface area (Å²) in [7, 11) is 0. The third-order valence-electron chi connectivity index (χ3n) is 4.55. The number of primary amides is 1. The van der Waals surface area contributed by atoms with Gasteiger partial charge in [0.05, 0.1) is 0 Å². The van der Waals surface area contributed by atoms with Crippen LogP contribution in [0.4, 0.5) is 0 Å². The number of nitrogens with zero attached hydrogens (tertiary/aromatic N) is 1. The van der Waals surface area contributed by atoms with Crippen LogP contribution in [0.2, 0.25) is 5.02 Å². The first kappa shape index (κ1) is 13.9. The second-order valence-corrected chi connectivity index (χ2v) is 6.20. The number of rotatable bonds is 4. The van der Waals surface area contributed by atoms with Gasteiger partial charge in [-0.3, -0.25) is 4.79 Å². The molecule has 4 nitrogen and oxygen atoms in total. The highest BCUT2D eigenvalue weighted by Crippen LogP contribution is 2.28. The van der Waals surface area contributed by atoms with Crippen LogP contribution in [0.15, 0.2) is 18.2 Å². The number of fused-ring (bicyclic) bond motifs is 3. The van der Waals surface area contributed by atoms with Crippen LogP contribution in [0.3, 0.4) is 0 Å². The third-order valence-corrected chi connectivity index (χ3v) is 4.90. The summed E-state index contributed by atoms with van der Waals surface area (Å²) < 4.78 is 0. The Morgan fingerprint density at radius 2 is 2.15 bits per heavy atom. The Morgan fingerprint density at radius 3 is 2.70 bits per heavy atom. The lowest BCUT2D eigenvalue weighted by molar-refractivity contribution is 0.0720. The molecule has 1 aromatic carbocycles. The molecule has 3 saturated heterocycles. The highest BCUT2D eigenvalue weighted by Gasteiger charge is 2.33. The van der Waals surface area contributed by atoms with Crippen LogP contribution >= 0.6 is 11.6 Å². The van der Waals surface area contributed by atoms with Crippen LogP contribution < -0.4 is 11.1 Å². The molecule has 108 valence electrons. The second-order valence-electron chi connectivity index (χ2n) is 5.80. The lowest BCUT2D eigenvalue weighted by atomic mass is 9.84. The number of nitrogens with one attached hydrogen (secondary N) is 1. The van der Waals surface area contributed by atoms with Gasteiger partial charge in [0.2, 0.25) is 5.91 Å². The van der Waals surface area contributed by atoms with Crippen LogP contribution in [0.5, 0.6) is 0 Å². The molecule has 3 N–H and O–H groups in total. The highest BCUT2D eigenvalue weighted by molar-refractivity contribution is 6.31. The van der Waals surface area contributed by atoms with Crippen molar-refractivity contribution in [3.8, 4) is 0 Å². The van der Waals surface area contributed by atoms with Gasteiger partial charge in [0.1, 0.15) is 0 Å². The lowest BCUT2D eigenvalue weighted by Crippen LogP contribution is -2.55. The van der Waals surface area contributed by atoms with Gasteiger partial charge in [-0.25, -0.2) is 0 Å². The van der Waals surface area contributed by atoms with Crippen molar-refractivity contribution in [2.24, 2.45) is 11.7 Å². The minimum atomic E-state index is -0.441. The molecule has 3 fully saturated rings. The molecule has 1 amide bonds. The van der Waals surface area contributed by atoms with E-state index < -0.39 is 5.91 Å². The number of halogens is 1. The molecule has 3 aliphatic heterocycles. The van der Waals surface area contributed by atoms with E-state index in [1.807, 2.05) is 6.07 Å². The molecule has 1 aromatic rings. The number of amides is 1. The summed E-state index contributed by atoms with van der Waals surface area (Å²) >= 11 is 6.21. The molecule has 3 aliphatic rings. The van der Waals surface area contributed by atoms with Gasteiger partial charge in [-0.05, 0) is 49.5 Å². The Balaban J connectivity index is 1.62. The Bertz CT molecular complexity index is 512. The van der Waals surface area contributed by atoms with Crippen molar-refractivity contribution < 1.29 is 4.79 Å². The molecule has 0 radical (unpaired) electrons. The zero-order valence-electron chi connectivity index (χ0n) is 11.4. The summed E-state index contributed by atoms with van der Waals surface area (Å²) in [6.07, 6.45) is 2.60. The predicted octanol–water partition coefficient (Wildman–Crippen LogP) is 1.62. The number of carbonyl (C=O) groups excluding carboxylic acids is 1. The molecule has 20 heavy (non-hydrogen) atoms. The van der Waals surface area contributed by atoms with Gasteiger partial charge < -0.3 is 16.0 Å². The Kier molecular flexibility index (Phi) is 3.96. The van der Waals surface area contributed by atoms with E-state index in [0.717, 1.165) is 24.6 Å². The summed E-state index contributed by atoms with van der Waals surface area (Å²) in [5, 5.41) is 4.22. The molecule has 0 saturated carbocycles. The number of carbonyl (C=O) groups is 1. The standard InChI is InChI=1S/C15H20ClN3O/c16-13-7-11(15(17)20)1-2-12(13)8-18-14-9-19-5-3-10(14)4-6-19/h1-2,7,10,14,18H,3-6,8-9H2,(H2,17,20). The molecule has 0 aromatic heterocycles. The van der Waals surface area contributed by atoms with Gasteiger partial charge >= 0.3 is 0 Å². The number of hydrogen-bond acceptors (Lipinski definition) is 3. The Labute approximate surface area is 124 Å². The van der Waals surface area contributed by atoms with Gasteiger partial charge in [0.25, 0.3) is 0 Å². The maximum absolute atomic E-state index is 11.1. The maximum atomic E-state index is 11.1. The first-order valence-electron chi connectivity index (χ1n) is 7.17. The number of nitrogens with two attached hydrogens (primary N) is 1. The SMILES string of the molecule is NC(=O)c1ccc(CNC2CN3CCC2CC3)c(Cl)c1. The maximum Gasteiger partial charge on any atom is 0.248 e. The Morgan fingerprint density at radius 1 is 1.40 bits per heavy atom. The predicted molar refractivity (Wildman–Crippen MR) is 79.8 cm³/mol. The van der Waals surface area contributed by atoms with Crippen LogP contribution in [-0.2, 0) is 6.54 Å². The summed E-state index contributed by atoms with van der Waals surface area (Å²) in [5.41, 5.74) is 6.73. The minimum Gasteiger partial charge on any atom is -0.366 e. The van der Waals surface area contributed by atoms with Crippen molar-refractivity contribution in [3.05, 3.63) is 34.3 Å². The molecule has 5 heteroatoms. The van der Waals surface area contributed by atoms with Crippen molar-refractivity contribution in [2.45, 2.75) is 25.4 Å². The normalized spacial score (nSPS) is 28.6. The van der Waals surface area contributed by atoms with E-state index in [1.54, 1.807) is 12.1 Å². The molecule has 3 heterocycles. The van der Waals surface area contributed by atoms with E-state index in [-0.39, 0.29) is 0 Å². The number of hydrogen-bond donors (Lipinski definition) is 2. The molecular formula is C15H20ClN3O. The minimum absolute atomic E-state index is 0.441. The fraction of sp³-hybridized carbons (Fsp3) is 0.533. The molecule has 2 bridgehead atoms. The molecule has 4 rings (SSSR count). The summed E-state index contributed by atoms with van der Waals surface area (Å²) in [6, 6.07) is 5.83. The van der Waals surface area contributed by atoms with E-state index in [9.17, 15) is 4.79 Å². The van der Waals surface area contributed by atoms with Crippen molar-refractivity contribution in [1.29, 1.82) is 0 Å². The van der Waals surface area contributed by atoms with Crippen LogP contribution in [0.1, 0.15) is 28.8 Å². The quantitative estimate of drug-likeness (QED) is 0.887. The van der Waals surface area contributed by atoms with E-state index in [2.05, 4.69) is 10.2 Å². The second kappa shape index (κ2) is 5.72. The molecule has 1 unspecified atom stereocenters. The average molecular weight is 294 g/mol. The van der Waals surface area contributed by atoms with Crippen LogP contribution in [-0.4, -0.2) is 36.5 Å². The van der Waals surface area contributed by atoms with Gasteiger partial charge in [0, 0.05) is 29.7 Å². The van der Waals surface area contributed by atoms with Crippen molar-refractivity contribution in [2.75, 3.05) is 19.6 Å². The van der Waals surface area contributed by atoms with Gasteiger partial charge in [-0.15, -0.1) is 0 Å². The van der Waals surface area contributed by atoms with Crippen LogP contribution in [0, 0.1) is 5.92 Å². The van der Waals surface area contributed by atoms with E-state index >= 15 is 0 Å². The smallest absolute Gasteiger partial charge is 0.248 e. The fourth-order valence-corrected chi connectivity index (χ4v) is 3.53. The van der Waals surface area contributed by atoms with E-state index in [4.69, 9.17) is 17.3 Å². The van der Waals surface area contributed by atoms with Gasteiger partial charge in [0.15, 0.2) is 0 Å². The van der Waals surface area contributed by atoms with Crippen molar-refractivity contribution in [3.63, 3.8) is 0 Å². The molecule has 0 aliphatic carbocycles. The third kappa shape index (κ3) is 2.82. The highest BCUT2D eigenvalue weighted by atomic mass is 35.5. The number of piperidine rings is 3. The number of benzene rings is 1. The summed E-state index contributed by atoms with van der Waals surface area (Å²) in [4.78, 5) is 13.6. The lowest BCUT2D eigenvalue weighted by Gasteiger charge is -2.45.